The number of carbonyl (C=O) groups is 1. The lowest BCUT2D eigenvalue weighted by atomic mass is 10.1. The van der Waals surface area contributed by atoms with Gasteiger partial charge in [0.15, 0.2) is 0 Å². The maximum absolute atomic E-state index is 12.6. The highest BCUT2D eigenvalue weighted by Crippen LogP contribution is 2.38. The summed E-state index contributed by atoms with van der Waals surface area (Å²) in [4.78, 5) is 12.2. The number of nitrogens with zero attached hydrogens (tertiary/aromatic N) is 1. The predicted molar refractivity (Wildman–Crippen MR) is 77.5 cm³/mol. The van der Waals surface area contributed by atoms with Crippen molar-refractivity contribution in [2.75, 3.05) is 13.1 Å². The average molecular weight is 315 g/mol. The van der Waals surface area contributed by atoms with Gasteiger partial charge in [0.25, 0.3) is 15.9 Å². The fourth-order valence-corrected chi connectivity index (χ4v) is 4.28. The molecule has 2 rings (SSSR count). The minimum Gasteiger partial charge on any atom is -0.351 e. The van der Waals surface area contributed by atoms with Crippen LogP contribution in [0.1, 0.15) is 19.4 Å². The molecule has 1 amide bonds. The first-order valence-electron chi connectivity index (χ1n) is 6.25. The maximum Gasteiger partial charge on any atom is 0.270 e. The summed E-state index contributed by atoms with van der Waals surface area (Å²) in [6.45, 7) is 3.95. The van der Waals surface area contributed by atoms with E-state index in [0.29, 0.717) is 12.1 Å². The number of amides is 1. The van der Waals surface area contributed by atoms with Gasteiger partial charge in [-0.1, -0.05) is 29.8 Å². The predicted octanol–water partition coefficient (Wildman–Crippen LogP) is 1.75. The SMILES string of the molecule is CCNC(=O)C1=C(Cl)c2ccccc2S(=O)(=O)N1CC. The van der Waals surface area contributed by atoms with E-state index in [1.807, 2.05) is 0 Å². The second-order valence-electron chi connectivity index (χ2n) is 4.19. The van der Waals surface area contributed by atoms with Gasteiger partial charge in [-0.3, -0.25) is 9.10 Å². The van der Waals surface area contributed by atoms with E-state index in [0.717, 1.165) is 4.31 Å². The van der Waals surface area contributed by atoms with E-state index in [2.05, 4.69) is 5.32 Å². The van der Waals surface area contributed by atoms with Gasteiger partial charge >= 0.3 is 0 Å². The largest absolute Gasteiger partial charge is 0.351 e. The van der Waals surface area contributed by atoms with Gasteiger partial charge in [0, 0.05) is 18.7 Å². The van der Waals surface area contributed by atoms with Crippen molar-refractivity contribution in [2.45, 2.75) is 18.7 Å². The van der Waals surface area contributed by atoms with Crippen molar-refractivity contribution in [2.24, 2.45) is 0 Å². The molecule has 1 aromatic rings. The topological polar surface area (TPSA) is 66.5 Å². The number of hydrogen-bond donors (Lipinski definition) is 1. The quantitative estimate of drug-likeness (QED) is 0.924. The van der Waals surface area contributed by atoms with Gasteiger partial charge in [-0.25, -0.2) is 8.42 Å². The molecule has 5 nitrogen and oxygen atoms in total. The van der Waals surface area contributed by atoms with Crippen molar-refractivity contribution in [3.05, 3.63) is 35.5 Å². The highest BCUT2D eigenvalue weighted by molar-refractivity contribution is 7.89. The van der Waals surface area contributed by atoms with Gasteiger partial charge in [0.1, 0.15) is 5.70 Å². The summed E-state index contributed by atoms with van der Waals surface area (Å²) in [5.41, 5.74) is 0.342. The Morgan fingerprint density at radius 2 is 1.95 bits per heavy atom. The van der Waals surface area contributed by atoms with Crippen LogP contribution in [0.25, 0.3) is 5.03 Å². The Bertz CT molecular complexity index is 683. The smallest absolute Gasteiger partial charge is 0.270 e. The Kier molecular flexibility index (Phi) is 4.06. The Morgan fingerprint density at radius 1 is 1.30 bits per heavy atom. The monoisotopic (exact) mass is 314 g/mol. The molecular weight excluding hydrogens is 300 g/mol. The molecule has 0 spiro atoms. The lowest BCUT2D eigenvalue weighted by molar-refractivity contribution is -0.118. The van der Waals surface area contributed by atoms with Crippen LogP contribution in [0.15, 0.2) is 34.9 Å². The first kappa shape index (κ1) is 14.9. The molecule has 20 heavy (non-hydrogen) atoms. The standard InChI is InChI=1S/C13H15ClN2O3S/c1-3-15-13(17)12-11(14)9-7-5-6-8-10(9)20(18,19)16(12)4-2/h5-8H,3-4H2,1-2H3,(H,15,17). The number of nitrogens with one attached hydrogen (secondary N) is 1. The van der Waals surface area contributed by atoms with Crippen LogP contribution in [0.5, 0.6) is 0 Å². The zero-order valence-electron chi connectivity index (χ0n) is 11.2. The van der Waals surface area contributed by atoms with E-state index in [1.165, 1.54) is 6.07 Å². The molecule has 108 valence electrons. The summed E-state index contributed by atoms with van der Waals surface area (Å²) >= 11 is 6.26. The van der Waals surface area contributed by atoms with Crippen molar-refractivity contribution in [1.29, 1.82) is 0 Å². The Labute approximate surface area is 123 Å². The van der Waals surface area contributed by atoms with Crippen LogP contribution < -0.4 is 5.32 Å². The summed E-state index contributed by atoms with van der Waals surface area (Å²) in [5, 5.41) is 2.75. The summed E-state index contributed by atoms with van der Waals surface area (Å²) in [6.07, 6.45) is 0. The van der Waals surface area contributed by atoms with E-state index in [4.69, 9.17) is 11.6 Å². The van der Waals surface area contributed by atoms with Gasteiger partial charge in [-0.2, -0.15) is 0 Å². The van der Waals surface area contributed by atoms with Crippen molar-refractivity contribution in [1.82, 2.24) is 9.62 Å². The van der Waals surface area contributed by atoms with Gasteiger partial charge in [-0.15, -0.1) is 0 Å². The molecule has 0 radical (unpaired) electrons. The van der Waals surface area contributed by atoms with Gasteiger partial charge < -0.3 is 5.32 Å². The lowest BCUT2D eigenvalue weighted by Crippen LogP contribution is -2.41. The molecule has 1 aliphatic heterocycles. The summed E-state index contributed by atoms with van der Waals surface area (Å²) in [6, 6.07) is 6.41. The van der Waals surface area contributed by atoms with Crippen molar-refractivity contribution in [3.8, 4) is 0 Å². The molecule has 0 aromatic heterocycles. The summed E-state index contributed by atoms with van der Waals surface area (Å²) < 4.78 is 26.2. The zero-order valence-corrected chi connectivity index (χ0v) is 12.8. The molecule has 1 aliphatic rings. The van der Waals surface area contributed by atoms with Gasteiger partial charge in [0.2, 0.25) is 0 Å². The Morgan fingerprint density at radius 3 is 2.55 bits per heavy atom. The van der Waals surface area contributed by atoms with Crippen LogP contribution in [0, 0.1) is 0 Å². The number of fused-ring (bicyclic) bond motifs is 1. The van der Waals surface area contributed by atoms with E-state index >= 15 is 0 Å². The van der Waals surface area contributed by atoms with Crippen LogP contribution in [0.3, 0.4) is 0 Å². The number of rotatable bonds is 3. The maximum atomic E-state index is 12.6. The second kappa shape index (κ2) is 5.46. The zero-order chi connectivity index (χ0) is 14.9. The minimum absolute atomic E-state index is 0.0188. The van der Waals surface area contributed by atoms with Crippen molar-refractivity contribution < 1.29 is 13.2 Å². The fourth-order valence-electron chi connectivity index (χ4n) is 2.13. The number of carbonyl (C=O) groups excluding carboxylic acids is 1. The third-order valence-corrected chi connectivity index (χ3v) is 5.30. The van der Waals surface area contributed by atoms with Gasteiger partial charge in [0.05, 0.1) is 9.93 Å². The van der Waals surface area contributed by atoms with E-state index in [1.54, 1.807) is 32.0 Å². The molecule has 0 bridgehead atoms. The molecular formula is C13H15ClN2O3S. The van der Waals surface area contributed by atoms with Crippen molar-refractivity contribution >= 4 is 32.6 Å². The average Bonchev–Trinajstić information content (AvgIpc) is 2.42. The number of likely N-dealkylation sites (N-methyl/N-ethyl adjacent to an activating group) is 2. The first-order chi connectivity index (χ1) is 9.45. The Balaban J connectivity index is 2.74. The molecule has 7 heteroatoms. The Hall–Kier alpha value is -1.53. The molecule has 0 atom stereocenters. The van der Waals surface area contributed by atoms with Crippen LogP contribution >= 0.6 is 11.6 Å². The van der Waals surface area contributed by atoms with Gasteiger partial charge in [-0.05, 0) is 19.9 Å². The molecule has 1 heterocycles. The number of hydrogen-bond acceptors (Lipinski definition) is 3. The van der Waals surface area contributed by atoms with E-state index < -0.39 is 15.9 Å². The summed E-state index contributed by atoms with van der Waals surface area (Å²) in [7, 11) is -3.75. The number of halogens is 1. The lowest BCUT2D eigenvalue weighted by Gasteiger charge is -2.30. The molecule has 1 aromatic carbocycles. The normalized spacial score (nSPS) is 16.9. The second-order valence-corrected chi connectivity index (χ2v) is 6.40. The third-order valence-electron chi connectivity index (χ3n) is 2.99. The molecule has 0 saturated heterocycles. The van der Waals surface area contributed by atoms with E-state index in [9.17, 15) is 13.2 Å². The highest BCUT2D eigenvalue weighted by Gasteiger charge is 2.38. The van der Waals surface area contributed by atoms with Crippen LogP contribution in [0.4, 0.5) is 0 Å². The third kappa shape index (κ3) is 2.19. The van der Waals surface area contributed by atoms with Crippen LogP contribution in [-0.2, 0) is 14.8 Å². The van der Waals surface area contributed by atoms with Crippen molar-refractivity contribution in [3.63, 3.8) is 0 Å². The first-order valence-corrected chi connectivity index (χ1v) is 8.07. The molecule has 1 N–H and O–H groups in total. The molecule has 0 unspecified atom stereocenters. The fraction of sp³-hybridized carbons (Fsp3) is 0.308. The molecule has 0 fully saturated rings. The highest BCUT2D eigenvalue weighted by atomic mass is 35.5. The summed E-state index contributed by atoms with van der Waals surface area (Å²) in [5.74, 6) is -0.488. The molecule has 0 saturated carbocycles. The van der Waals surface area contributed by atoms with E-state index in [-0.39, 0.29) is 22.2 Å². The molecule has 0 aliphatic carbocycles. The minimum atomic E-state index is -3.75. The number of sulfonamides is 1. The van der Waals surface area contributed by atoms with Crippen LogP contribution in [-0.4, -0.2) is 31.7 Å². The van der Waals surface area contributed by atoms with Crippen LogP contribution in [0.2, 0.25) is 0 Å². The number of benzene rings is 1.